The molecule has 2 unspecified atom stereocenters. The van der Waals surface area contributed by atoms with Crippen LogP contribution in [0.2, 0.25) is 0 Å². The van der Waals surface area contributed by atoms with Gasteiger partial charge in [0.2, 0.25) is 0 Å². The van der Waals surface area contributed by atoms with Gasteiger partial charge in [-0.3, -0.25) is 0 Å². The summed E-state index contributed by atoms with van der Waals surface area (Å²) in [6.07, 6.45) is -1.74. The summed E-state index contributed by atoms with van der Waals surface area (Å²) in [5, 5.41) is 20.3. The first-order valence-electron chi connectivity index (χ1n) is 8.13. The highest BCUT2D eigenvalue weighted by atomic mass is 79.9. The van der Waals surface area contributed by atoms with Crippen LogP contribution in [-0.4, -0.2) is 21.6 Å². The highest BCUT2D eigenvalue weighted by Gasteiger charge is 2.18. The number of alkyl halides is 1. The van der Waals surface area contributed by atoms with Gasteiger partial charge < -0.3 is 15.1 Å². The standard InChI is InChI=1S/C21H20BrNO2/c22-15-20(24)21(25)16-11-13-19(14-12-16)23(17-7-3-1-4-8-17)18-9-5-2-6-10-18/h1-14,20-21,24-25H,15H2. The lowest BCUT2D eigenvalue weighted by molar-refractivity contribution is 0.0343. The van der Waals surface area contributed by atoms with Crippen LogP contribution < -0.4 is 4.90 Å². The number of halogens is 1. The number of rotatable bonds is 6. The predicted molar refractivity (Wildman–Crippen MR) is 106 cm³/mol. The minimum Gasteiger partial charge on any atom is -0.389 e. The number of anilines is 3. The zero-order chi connectivity index (χ0) is 17.6. The van der Waals surface area contributed by atoms with Gasteiger partial charge in [-0.05, 0) is 42.0 Å². The summed E-state index contributed by atoms with van der Waals surface area (Å²) < 4.78 is 0. The van der Waals surface area contributed by atoms with Crippen LogP contribution in [0.3, 0.4) is 0 Å². The van der Waals surface area contributed by atoms with E-state index >= 15 is 0 Å². The zero-order valence-corrected chi connectivity index (χ0v) is 15.3. The second kappa shape index (κ2) is 8.30. The Morgan fingerprint density at radius 1 is 0.680 bits per heavy atom. The Bertz CT molecular complexity index is 739. The molecule has 0 radical (unpaired) electrons. The molecule has 0 saturated carbocycles. The Labute approximate surface area is 156 Å². The van der Waals surface area contributed by atoms with Crippen molar-refractivity contribution in [2.45, 2.75) is 12.2 Å². The summed E-state index contributed by atoms with van der Waals surface area (Å²) >= 11 is 3.19. The predicted octanol–water partition coefficient (Wildman–Crippen LogP) is 4.95. The zero-order valence-electron chi connectivity index (χ0n) is 13.7. The van der Waals surface area contributed by atoms with Gasteiger partial charge >= 0.3 is 0 Å². The molecule has 3 nitrogen and oxygen atoms in total. The normalized spacial score (nSPS) is 13.2. The second-order valence-electron chi connectivity index (χ2n) is 5.76. The maximum Gasteiger partial charge on any atom is 0.106 e. The molecule has 0 amide bonds. The lowest BCUT2D eigenvalue weighted by atomic mass is 10.0. The van der Waals surface area contributed by atoms with Crippen LogP contribution >= 0.6 is 15.9 Å². The fourth-order valence-electron chi connectivity index (χ4n) is 2.73. The van der Waals surface area contributed by atoms with Crippen LogP contribution in [0.4, 0.5) is 17.1 Å². The summed E-state index contributed by atoms with van der Waals surface area (Å²) in [7, 11) is 0. The third kappa shape index (κ3) is 4.10. The van der Waals surface area contributed by atoms with Gasteiger partial charge in [0, 0.05) is 22.4 Å². The van der Waals surface area contributed by atoms with Gasteiger partial charge in [-0.25, -0.2) is 0 Å². The monoisotopic (exact) mass is 397 g/mol. The quantitative estimate of drug-likeness (QED) is 0.578. The van der Waals surface area contributed by atoms with E-state index in [9.17, 15) is 10.2 Å². The van der Waals surface area contributed by atoms with Crippen molar-refractivity contribution in [2.24, 2.45) is 0 Å². The molecule has 0 aliphatic carbocycles. The van der Waals surface area contributed by atoms with Crippen LogP contribution in [-0.2, 0) is 0 Å². The van der Waals surface area contributed by atoms with Crippen molar-refractivity contribution in [1.82, 2.24) is 0 Å². The minimum atomic E-state index is -0.907. The number of aliphatic hydroxyl groups is 2. The number of hydrogen-bond donors (Lipinski definition) is 2. The van der Waals surface area contributed by atoms with E-state index in [2.05, 4.69) is 45.1 Å². The third-order valence-corrected chi connectivity index (χ3v) is 4.71. The Balaban J connectivity index is 1.97. The van der Waals surface area contributed by atoms with Gasteiger partial charge in [-0.2, -0.15) is 0 Å². The number of para-hydroxylation sites is 2. The first-order chi connectivity index (χ1) is 12.2. The largest absolute Gasteiger partial charge is 0.389 e. The van der Waals surface area contributed by atoms with Crippen molar-refractivity contribution < 1.29 is 10.2 Å². The molecular formula is C21H20BrNO2. The minimum absolute atomic E-state index is 0.329. The molecule has 0 saturated heterocycles. The highest BCUT2D eigenvalue weighted by Crippen LogP contribution is 2.34. The maximum atomic E-state index is 10.2. The van der Waals surface area contributed by atoms with Gasteiger partial charge in [0.25, 0.3) is 0 Å². The first-order valence-corrected chi connectivity index (χ1v) is 9.25. The van der Waals surface area contributed by atoms with Crippen LogP contribution in [0.15, 0.2) is 84.9 Å². The molecule has 128 valence electrons. The van der Waals surface area contributed by atoms with Gasteiger partial charge in [0.05, 0.1) is 6.10 Å². The van der Waals surface area contributed by atoms with E-state index in [0.717, 1.165) is 17.1 Å². The Hall–Kier alpha value is -2.14. The van der Waals surface area contributed by atoms with E-state index in [4.69, 9.17) is 0 Å². The molecule has 2 atom stereocenters. The van der Waals surface area contributed by atoms with Gasteiger partial charge in [0.1, 0.15) is 6.10 Å². The molecule has 3 rings (SSSR count). The molecule has 4 heteroatoms. The first kappa shape index (κ1) is 17.7. The topological polar surface area (TPSA) is 43.7 Å². The fraction of sp³-hybridized carbons (Fsp3) is 0.143. The van der Waals surface area contributed by atoms with E-state index < -0.39 is 12.2 Å². The average Bonchev–Trinajstić information content (AvgIpc) is 2.69. The van der Waals surface area contributed by atoms with Gasteiger partial charge in [0.15, 0.2) is 0 Å². The molecule has 3 aromatic rings. The van der Waals surface area contributed by atoms with Crippen molar-refractivity contribution in [3.05, 3.63) is 90.5 Å². The maximum absolute atomic E-state index is 10.2. The van der Waals surface area contributed by atoms with E-state index in [0.29, 0.717) is 10.9 Å². The van der Waals surface area contributed by atoms with Crippen LogP contribution in [0.5, 0.6) is 0 Å². The van der Waals surface area contributed by atoms with Gasteiger partial charge in [-0.15, -0.1) is 0 Å². The molecule has 0 spiro atoms. The van der Waals surface area contributed by atoms with Crippen molar-refractivity contribution in [3.8, 4) is 0 Å². The van der Waals surface area contributed by atoms with E-state index in [1.165, 1.54) is 0 Å². The van der Waals surface area contributed by atoms with Crippen molar-refractivity contribution in [2.75, 3.05) is 10.2 Å². The number of aliphatic hydroxyl groups excluding tert-OH is 2. The van der Waals surface area contributed by atoms with Crippen LogP contribution in [0, 0.1) is 0 Å². The lowest BCUT2D eigenvalue weighted by Gasteiger charge is -2.26. The number of hydrogen-bond acceptors (Lipinski definition) is 3. The van der Waals surface area contributed by atoms with E-state index in [1.807, 2.05) is 60.7 Å². The summed E-state index contributed by atoms with van der Waals surface area (Å²) in [6.45, 7) is 0. The highest BCUT2D eigenvalue weighted by molar-refractivity contribution is 9.09. The average molecular weight is 398 g/mol. The Morgan fingerprint density at radius 3 is 1.56 bits per heavy atom. The lowest BCUT2D eigenvalue weighted by Crippen LogP contribution is -2.19. The van der Waals surface area contributed by atoms with Crippen molar-refractivity contribution in [1.29, 1.82) is 0 Å². The van der Waals surface area contributed by atoms with E-state index in [1.54, 1.807) is 0 Å². The molecule has 0 heterocycles. The summed E-state index contributed by atoms with van der Waals surface area (Å²) in [4.78, 5) is 2.15. The Morgan fingerprint density at radius 2 is 1.12 bits per heavy atom. The Kier molecular flexibility index (Phi) is 5.87. The summed E-state index contributed by atoms with van der Waals surface area (Å²) in [5.41, 5.74) is 3.79. The summed E-state index contributed by atoms with van der Waals surface area (Å²) in [5.74, 6) is 0. The SMILES string of the molecule is OC(CBr)C(O)c1ccc(N(c2ccccc2)c2ccccc2)cc1. The molecule has 0 bridgehead atoms. The van der Waals surface area contributed by atoms with Crippen molar-refractivity contribution in [3.63, 3.8) is 0 Å². The number of nitrogens with zero attached hydrogens (tertiary/aromatic N) is 1. The fourth-order valence-corrected chi connectivity index (χ4v) is 3.08. The smallest absolute Gasteiger partial charge is 0.106 e. The third-order valence-electron chi connectivity index (χ3n) is 4.04. The molecule has 0 aromatic heterocycles. The molecule has 25 heavy (non-hydrogen) atoms. The van der Waals surface area contributed by atoms with Crippen LogP contribution in [0.1, 0.15) is 11.7 Å². The molecule has 3 aromatic carbocycles. The van der Waals surface area contributed by atoms with E-state index in [-0.39, 0.29) is 0 Å². The molecular weight excluding hydrogens is 378 g/mol. The molecule has 0 aliphatic heterocycles. The van der Waals surface area contributed by atoms with Gasteiger partial charge in [-0.1, -0.05) is 64.5 Å². The summed E-state index contributed by atoms with van der Waals surface area (Å²) in [6, 6.07) is 27.9. The second-order valence-corrected chi connectivity index (χ2v) is 6.41. The number of benzene rings is 3. The molecule has 0 fully saturated rings. The molecule has 2 N–H and O–H groups in total. The van der Waals surface area contributed by atoms with Crippen molar-refractivity contribution >= 4 is 33.0 Å². The van der Waals surface area contributed by atoms with Crippen LogP contribution in [0.25, 0.3) is 0 Å². The molecule has 0 aliphatic rings.